The Hall–Kier alpha value is -0.795. The van der Waals surface area contributed by atoms with E-state index in [0.29, 0.717) is 0 Å². The molecule has 0 amide bonds. The van der Waals surface area contributed by atoms with Crippen LogP contribution in [0.1, 0.15) is 36.0 Å². The lowest BCUT2D eigenvalue weighted by molar-refractivity contribution is 0.0961. The largest absolute Gasteiger partial charge is 0.314 e. The third-order valence-corrected chi connectivity index (χ3v) is 5.44. The minimum absolute atomic E-state index is 0.799. The molecule has 0 bridgehead atoms. The summed E-state index contributed by atoms with van der Waals surface area (Å²) >= 11 is 0. The van der Waals surface area contributed by atoms with E-state index in [-0.39, 0.29) is 0 Å². The van der Waals surface area contributed by atoms with Gasteiger partial charge in [-0.25, -0.2) is 0 Å². The highest BCUT2D eigenvalue weighted by atomic mass is 15.2. The van der Waals surface area contributed by atoms with Crippen LogP contribution in [0.4, 0.5) is 0 Å². The summed E-state index contributed by atoms with van der Waals surface area (Å²) in [5.74, 6) is 0.882. The van der Waals surface area contributed by atoms with Crippen molar-refractivity contribution in [2.45, 2.75) is 51.4 Å². The van der Waals surface area contributed by atoms with Crippen molar-refractivity contribution in [2.24, 2.45) is 5.92 Å². The number of rotatable bonds is 7. The second-order valence-electron chi connectivity index (χ2n) is 7.42. The molecule has 120 valence electrons. The van der Waals surface area contributed by atoms with Gasteiger partial charge < -0.3 is 10.2 Å². The molecule has 1 aromatic rings. The topological polar surface area (TPSA) is 15.3 Å². The van der Waals surface area contributed by atoms with Crippen LogP contribution in [-0.2, 0) is 12.8 Å². The zero-order valence-corrected chi connectivity index (χ0v) is 14.4. The average molecular weight is 298 g/mol. The van der Waals surface area contributed by atoms with E-state index in [1.807, 2.05) is 0 Å². The third kappa shape index (κ3) is 4.14. The molecule has 1 atom stereocenters. The monoisotopic (exact) mass is 298 g/mol. The first kappa shape index (κ1) is 16.1. The first-order valence-corrected chi connectivity index (χ1v) is 9.28. The lowest BCUT2D eigenvalue weighted by atomic mass is 9.88. The highest BCUT2D eigenvalue weighted by Crippen LogP contribution is 2.24. The Morgan fingerprint density at radius 1 is 1.32 bits per heavy atom. The molecule has 22 heavy (non-hydrogen) atoms. The summed E-state index contributed by atoms with van der Waals surface area (Å²) in [7, 11) is 2.26. The van der Waals surface area contributed by atoms with Crippen molar-refractivity contribution in [3.63, 3.8) is 0 Å². The standard InChI is InChI=1S/C19H31BN2/c1-15-11-16(6-8-20)4-5-18(15)12-17-13-22(14-17)10-7-19-3-2-9-21-19/h4-5,11,17,19,21H,2-3,6-10,12-14,20H2,1H3. The molecule has 2 aliphatic heterocycles. The third-order valence-electron chi connectivity index (χ3n) is 5.44. The van der Waals surface area contributed by atoms with E-state index in [0.717, 1.165) is 12.0 Å². The molecule has 3 heteroatoms. The van der Waals surface area contributed by atoms with E-state index >= 15 is 0 Å². The molecule has 0 aromatic heterocycles. The molecule has 3 rings (SSSR count). The first-order valence-electron chi connectivity index (χ1n) is 9.28. The van der Waals surface area contributed by atoms with E-state index in [2.05, 4.69) is 43.2 Å². The van der Waals surface area contributed by atoms with Crippen LogP contribution in [0.15, 0.2) is 18.2 Å². The predicted octanol–water partition coefficient (Wildman–Crippen LogP) is 2.21. The van der Waals surface area contributed by atoms with Crippen LogP contribution in [0.2, 0.25) is 6.32 Å². The summed E-state index contributed by atoms with van der Waals surface area (Å²) in [5.41, 5.74) is 4.57. The minimum Gasteiger partial charge on any atom is -0.314 e. The summed E-state index contributed by atoms with van der Waals surface area (Å²) < 4.78 is 0. The van der Waals surface area contributed by atoms with Gasteiger partial charge in [-0.2, -0.15) is 0 Å². The van der Waals surface area contributed by atoms with E-state index in [1.54, 1.807) is 5.56 Å². The van der Waals surface area contributed by atoms with Crippen LogP contribution in [0, 0.1) is 12.8 Å². The van der Waals surface area contributed by atoms with Crippen molar-refractivity contribution >= 4 is 7.85 Å². The Morgan fingerprint density at radius 2 is 2.18 bits per heavy atom. The first-order chi connectivity index (χ1) is 10.7. The van der Waals surface area contributed by atoms with Gasteiger partial charge in [0.1, 0.15) is 7.85 Å². The second-order valence-corrected chi connectivity index (χ2v) is 7.42. The number of likely N-dealkylation sites (tertiary alicyclic amines) is 1. The summed E-state index contributed by atoms with van der Waals surface area (Å²) in [6.45, 7) is 7.44. The van der Waals surface area contributed by atoms with Crippen LogP contribution in [0.25, 0.3) is 0 Å². The van der Waals surface area contributed by atoms with Crippen LogP contribution >= 0.6 is 0 Å². The number of hydrogen-bond donors (Lipinski definition) is 1. The fraction of sp³-hybridized carbons (Fsp3) is 0.684. The van der Waals surface area contributed by atoms with E-state index in [1.165, 1.54) is 75.7 Å². The highest BCUT2D eigenvalue weighted by Gasteiger charge is 2.27. The quantitative estimate of drug-likeness (QED) is 0.777. The van der Waals surface area contributed by atoms with E-state index in [9.17, 15) is 0 Å². The SMILES string of the molecule is BCCc1ccc(CC2CN(CCC3CCCN3)C2)c(C)c1. The highest BCUT2D eigenvalue weighted by molar-refractivity contribution is 6.08. The second kappa shape index (κ2) is 7.65. The number of aryl methyl sites for hydroxylation is 2. The van der Waals surface area contributed by atoms with Crippen molar-refractivity contribution in [3.05, 3.63) is 34.9 Å². The molecular weight excluding hydrogens is 267 g/mol. The van der Waals surface area contributed by atoms with E-state index < -0.39 is 0 Å². The van der Waals surface area contributed by atoms with Gasteiger partial charge in [0, 0.05) is 19.1 Å². The molecule has 0 spiro atoms. The van der Waals surface area contributed by atoms with Gasteiger partial charge in [-0.3, -0.25) is 0 Å². The normalized spacial score (nSPS) is 22.9. The summed E-state index contributed by atoms with van der Waals surface area (Å²) in [5, 5.41) is 3.61. The number of benzene rings is 1. The van der Waals surface area contributed by atoms with Crippen molar-refractivity contribution in [3.8, 4) is 0 Å². The van der Waals surface area contributed by atoms with Gasteiger partial charge in [0.05, 0.1) is 0 Å². The molecule has 2 aliphatic rings. The van der Waals surface area contributed by atoms with Gasteiger partial charge in [0.15, 0.2) is 0 Å². The molecule has 2 fully saturated rings. The molecule has 0 saturated carbocycles. The van der Waals surface area contributed by atoms with Crippen molar-refractivity contribution in [2.75, 3.05) is 26.2 Å². The van der Waals surface area contributed by atoms with Gasteiger partial charge in [0.2, 0.25) is 0 Å². The summed E-state index contributed by atoms with van der Waals surface area (Å²) in [6, 6.07) is 7.92. The number of nitrogens with one attached hydrogen (secondary N) is 1. The Labute approximate surface area is 137 Å². The maximum absolute atomic E-state index is 3.61. The molecule has 1 unspecified atom stereocenters. The van der Waals surface area contributed by atoms with Gasteiger partial charge in [-0.15, -0.1) is 0 Å². The van der Waals surface area contributed by atoms with Crippen molar-refractivity contribution < 1.29 is 0 Å². The Bertz CT molecular complexity index is 476. The molecule has 0 radical (unpaired) electrons. The maximum Gasteiger partial charge on any atom is 0.101 e. The lowest BCUT2D eigenvalue weighted by Gasteiger charge is -2.40. The Balaban J connectivity index is 1.40. The summed E-state index contributed by atoms with van der Waals surface area (Å²) in [4.78, 5) is 2.64. The molecule has 2 saturated heterocycles. The van der Waals surface area contributed by atoms with E-state index in [4.69, 9.17) is 0 Å². The van der Waals surface area contributed by atoms with Gasteiger partial charge >= 0.3 is 0 Å². The smallest absolute Gasteiger partial charge is 0.101 e. The maximum atomic E-state index is 3.61. The van der Waals surface area contributed by atoms with Crippen LogP contribution in [0.3, 0.4) is 0 Å². The summed E-state index contributed by atoms with van der Waals surface area (Å²) in [6.07, 6.45) is 7.84. The molecule has 0 aliphatic carbocycles. The van der Waals surface area contributed by atoms with Gasteiger partial charge in [-0.05, 0) is 74.7 Å². The zero-order chi connectivity index (χ0) is 15.4. The molecule has 2 nitrogen and oxygen atoms in total. The fourth-order valence-electron chi connectivity index (χ4n) is 4.07. The minimum atomic E-state index is 0.799. The predicted molar refractivity (Wildman–Crippen MR) is 97.5 cm³/mol. The van der Waals surface area contributed by atoms with Crippen molar-refractivity contribution in [1.82, 2.24) is 10.2 Å². The fourth-order valence-corrected chi connectivity index (χ4v) is 4.07. The Morgan fingerprint density at radius 3 is 2.86 bits per heavy atom. The van der Waals surface area contributed by atoms with Crippen LogP contribution < -0.4 is 5.32 Å². The average Bonchev–Trinajstić information content (AvgIpc) is 2.97. The van der Waals surface area contributed by atoms with Gasteiger partial charge in [0.25, 0.3) is 0 Å². The zero-order valence-electron chi connectivity index (χ0n) is 14.4. The lowest BCUT2D eigenvalue weighted by Crippen LogP contribution is -2.48. The molecule has 2 heterocycles. The van der Waals surface area contributed by atoms with Crippen LogP contribution in [-0.4, -0.2) is 45.0 Å². The molecule has 1 aromatic carbocycles. The Kier molecular flexibility index (Phi) is 5.59. The number of hydrogen-bond acceptors (Lipinski definition) is 2. The van der Waals surface area contributed by atoms with Gasteiger partial charge in [-0.1, -0.05) is 24.5 Å². The number of nitrogens with zero attached hydrogens (tertiary/aromatic N) is 1. The molecular formula is C19H31BN2. The molecule has 1 N–H and O–H groups in total. The van der Waals surface area contributed by atoms with Crippen molar-refractivity contribution in [1.29, 1.82) is 0 Å². The van der Waals surface area contributed by atoms with Crippen LogP contribution in [0.5, 0.6) is 0 Å².